The number of likely N-dealkylation sites (N-methyl/N-ethyl adjacent to an activating group) is 1. The summed E-state index contributed by atoms with van der Waals surface area (Å²) in [6, 6.07) is 13.8. The summed E-state index contributed by atoms with van der Waals surface area (Å²) in [6.07, 6.45) is 0.757. The fraction of sp³-hybridized carbons (Fsp3) is 0.294. The number of hydrogen-bond acceptors (Lipinski definition) is 2. The first-order chi connectivity index (χ1) is 10.1. The third-order valence-electron chi connectivity index (χ3n) is 3.30. The van der Waals surface area contributed by atoms with Crippen LogP contribution in [0.25, 0.3) is 0 Å². The summed E-state index contributed by atoms with van der Waals surface area (Å²) in [5.74, 6) is 0.871. The van der Waals surface area contributed by atoms with Gasteiger partial charge in [0.2, 0.25) is 0 Å². The predicted octanol–water partition coefficient (Wildman–Crippen LogP) is 5.20. The van der Waals surface area contributed by atoms with E-state index < -0.39 is 0 Å². The molecule has 2 rings (SSSR count). The molecule has 1 atom stereocenters. The first kappa shape index (κ1) is 16.5. The van der Waals surface area contributed by atoms with E-state index in [-0.39, 0.29) is 11.9 Å². The van der Waals surface area contributed by atoms with Crippen molar-refractivity contribution in [1.82, 2.24) is 5.32 Å². The minimum absolute atomic E-state index is 0.180. The van der Waals surface area contributed by atoms with Gasteiger partial charge in [-0.3, -0.25) is 0 Å². The highest BCUT2D eigenvalue weighted by Crippen LogP contribution is 2.24. The Morgan fingerprint density at radius 3 is 2.48 bits per heavy atom. The zero-order valence-electron chi connectivity index (χ0n) is 12.2. The third kappa shape index (κ3) is 4.83. The van der Waals surface area contributed by atoms with Crippen molar-refractivity contribution in [1.29, 1.82) is 0 Å². The third-order valence-corrected chi connectivity index (χ3v) is 4.66. The second kappa shape index (κ2) is 7.97. The molecule has 1 nitrogen and oxygen atoms in total. The molecule has 0 radical (unpaired) electrons. The van der Waals surface area contributed by atoms with E-state index in [0.29, 0.717) is 0 Å². The first-order valence-corrected chi connectivity index (χ1v) is 8.75. The number of halogens is 2. The maximum absolute atomic E-state index is 13.5. The molecule has 4 heteroatoms. The highest BCUT2D eigenvalue weighted by Gasteiger charge is 2.11. The lowest BCUT2D eigenvalue weighted by Crippen LogP contribution is -2.18. The second-order valence-electron chi connectivity index (χ2n) is 4.83. The molecule has 0 aliphatic heterocycles. The summed E-state index contributed by atoms with van der Waals surface area (Å²) >= 11 is 5.18. The minimum Gasteiger partial charge on any atom is -0.313 e. The van der Waals surface area contributed by atoms with Gasteiger partial charge in [0.25, 0.3) is 0 Å². The normalized spacial score (nSPS) is 12.4. The van der Waals surface area contributed by atoms with E-state index in [1.807, 2.05) is 24.9 Å². The van der Waals surface area contributed by atoms with Crippen molar-refractivity contribution in [3.05, 3.63) is 63.9 Å². The van der Waals surface area contributed by atoms with Crippen LogP contribution in [0, 0.1) is 5.82 Å². The average Bonchev–Trinajstić information content (AvgIpc) is 2.45. The number of nitrogens with one attached hydrogen (secondary N) is 1. The maximum Gasteiger partial charge on any atom is 0.124 e. The molecule has 0 aliphatic carbocycles. The van der Waals surface area contributed by atoms with Gasteiger partial charge in [0, 0.05) is 15.4 Å². The van der Waals surface area contributed by atoms with Crippen LogP contribution in [-0.2, 0) is 6.42 Å². The van der Waals surface area contributed by atoms with Gasteiger partial charge in [0.1, 0.15) is 5.82 Å². The molecule has 0 amide bonds. The summed E-state index contributed by atoms with van der Waals surface area (Å²) in [5.41, 5.74) is 2.20. The summed E-state index contributed by atoms with van der Waals surface area (Å²) in [5, 5.41) is 3.31. The van der Waals surface area contributed by atoms with Crippen molar-refractivity contribution >= 4 is 27.7 Å². The number of rotatable bonds is 6. The molecule has 112 valence electrons. The van der Waals surface area contributed by atoms with E-state index in [2.05, 4.69) is 52.4 Å². The smallest absolute Gasteiger partial charge is 0.124 e. The Hall–Kier alpha value is -0.840. The van der Waals surface area contributed by atoms with Gasteiger partial charge in [0.05, 0.1) is 0 Å². The van der Waals surface area contributed by atoms with Crippen molar-refractivity contribution in [3.8, 4) is 0 Å². The molecule has 0 fully saturated rings. The molecule has 21 heavy (non-hydrogen) atoms. The van der Waals surface area contributed by atoms with Crippen LogP contribution < -0.4 is 5.32 Å². The quantitative estimate of drug-likeness (QED) is 0.703. The SMILES string of the molecule is CCSc1ccc(C(Cc2cc(F)cc(Br)c2)NC)cc1. The lowest BCUT2D eigenvalue weighted by atomic mass is 9.99. The highest BCUT2D eigenvalue weighted by atomic mass is 79.9. The van der Waals surface area contributed by atoms with E-state index in [4.69, 9.17) is 0 Å². The topological polar surface area (TPSA) is 12.0 Å². The zero-order valence-corrected chi connectivity index (χ0v) is 14.6. The Bertz CT molecular complexity index is 566. The van der Waals surface area contributed by atoms with Gasteiger partial charge in [-0.05, 0) is 60.7 Å². The first-order valence-electron chi connectivity index (χ1n) is 6.97. The van der Waals surface area contributed by atoms with Crippen LogP contribution in [0.4, 0.5) is 4.39 Å². The Morgan fingerprint density at radius 2 is 1.90 bits per heavy atom. The second-order valence-corrected chi connectivity index (χ2v) is 7.08. The molecule has 1 unspecified atom stereocenters. The van der Waals surface area contributed by atoms with Gasteiger partial charge >= 0.3 is 0 Å². The van der Waals surface area contributed by atoms with Gasteiger partial charge in [-0.2, -0.15) is 0 Å². The van der Waals surface area contributed by atoms with E-state index >= 15 is 0 Å². The van der Waals surface area contributed by atoms with Crippen molar-refractivity contribution in [2.75, 3.05) is 12.8 Å². The summed E-state index contributed by atoms with van der Waals surface area (Å²) in [4.78, 5) is 1.28. The lowest BCUT2D eigenvalue weighted by Gasteiger charge is -2.17. The number of hydrogen-bond donors (Lipinski definition) is 1. The van der Waals surface area contributed by atoms with Gasteiger partial charge < -0.3 is 5.32 Å². The van der Waals surface area contributed by atoms with Gasteiger partial charge in [-0.1, -0.05) is 35.0 Å². The predicted molar refractivity (Wildman–Crippen MR) is 92.4 cm³/mol. The molecule has 0 aromatic heterocycles. The molecular formula is C17H19BrFNS. The fourth-order valence-electron chi connectivity index (χ4n) is 2.31. The Labute approximate surface area is 138 Å². The van der Waals surface area contributed by atoms with Crippen LogP contribution in [0.5, 0.6) is 0 Å². The summed E-state index contributed by atoms with van der Waals surface area (Å²) in [6.45, 7) is 2.15. The average molecular weight is 368 g/mol. The van der Waals surface area contributed by atoms with Crippen molar-refractivity contribution < 1.29 is 4.39 Å². The lowest BCUT2D eigenvalue weighted by molar-refractivity contribution is 0.583. The molecule has 2 aromatic rings. The van der Waals surface area contributed by atoms with E-state index in [0.717, 1.165) is 22.2 Å². The van der Waals surface area contributed by atoms with Crippen molar-refractivity contribution in [2.45, 2.75) is 24.3 Å². The Kier molecular flexibility index (Phi) is 6.27. The minimum atomic E-state index is -0.205. The van der Waals surface area contributed by atoms with Gasteiger partial charge in [-0.15, -0.1) is 11.8 Å². The molecule has 0 saturated heterocycles. The molecule has 2 aromatic carbocycles. The van der Waals surface area contributed by atoms with Crippen LogP contribution >= 0.6 is 27.7 Å². The Balaban J connectivity index is 2.15. The number of benzene rings is 2. The molecule has 0 spiro atoms. The molecular weight excluding hydrogens is 349 g/mol. The van der Waals surface area contributed by atoms with Crippen molar-refractivity contribution in [3.63, 3.8) is 0 Å². The molecule has 0 heterocycles. The molecule has 0 aliphatic rings. The highest BCUT2D eigenvalue weighted by molar-refractivity contribution is 9.10. The number of thioether (sulfide) groups is 1. The van der Waals surface area contributed by atoms with Crippen LogP contribution in [0.1, 0.15) is 24.1 Å². The van der Waals surface area contributed by atoms with E-state index in [1.165, 1.54) is 16.5 Å². The zero-order chi connectivity index (χ0) is 15.2. The van der Waals surface area contributed by atoms with E-state index in [1.54, 1.807) is 6.07 Å². The van der Waals surface area contributed by atoms with Crippen LogP contribution in [-0.4, -0.2) is 12.8 Å². The van der Waals surface area contributed by atoms with Crippen LogP contribution in [0.2, 0.25) is 0 Å². The summed E-state index contributed by atoms with van der Waals surface area (Å²) < 4.78 is 14.2. The molecule has 0 bridgehead atoms. The maximum atomic E-state index is 13.5. The van der Waals surface area contributed by atoms with Gasteiger partial charge in [-0.25, -0.2) is 4.39 Å². The molecule has 1 N–H and O–H groups in total. The van der Waals surface area contributed by atoms with Crippen LogP contribution in [0.15, 0.2) is 51.8 Å². The largest absolute Gasteiger partial charge is 0.313 e. The summed E-state index contributed by atoms with van der Waals surface area (Å²) in [7, 11) is 1.94. The monoisotopic (exact) mass is 367 g/mol. The van der Waals surface area contributed by atoms with E-state index in [9.17, 15) is 4.39 Å². The van der Waals surface area contributed by atoms with Gasteiger partial charge in [0.15, 0.2) is 0 Å². The standard InChI is InChI=1S/C17H19BrFNS/c1-3-21-16-6-4-13(5-7-16)17(20-2)10-12-8-14(18)11-15(19)9-12/h4-9,11,17,20H,3,10H2,1-2H3. The Morgan fingerprint density at radius 1 is 1.19 bits per heavy atom. The molecule has 0 saturated carbocycles. The fourth-order valence-corrected chi connectivity index (χ4v) is 3.49. The van der Waals surface area contributed by atoms with Crippen molar-refractivity contribution in [2.24, 2.45) is 0 Å². The van der Waals surface area contributed by atoms with Crippen LogP contribution in [0.3, 0.4) is 0 Å².